The van der Waals surface area contributed by atoms with Crippen molar-refractivity contribution in [2.75, 3.05) is 20.2 Å². The highest BCUT2D eigenvalue weighted by Gasteiger charge is 2.26. The number of hydrogen-bond donors (Lipinski definition) is 1. The van der Waals surface area contributed by atoms with Crippen LogP contribution < -0.4 is 10.1 Å². The number of rotatable bonds is 4. The molecule has 1 saturated heterocycles. The molecule has 0 bridgehead atoms. The molecule has 1 aliphatic rings. The second-order valence-corrected chi connectivity index (χ2v) is 5.37. The van der Waals surface area contributed by atoms with Gasteiger partial charge in [0.15, 0.2) is 0 Å². The lowest BCUT2D eigenvalue weighted by Crippen LogP contribution is -2.44. The van der Waals surface area contributed by atoms with Gasteiger partial charge in [-0.15, -0.1) is 0 Å². The van der Waals surface area contributed by atoms with Gasteiger partial charge in [0.1, 0.15) is 5.75 Å². The Hall–Kier alpha value is -2.04. The molecule has 0 spiro atoms. The maximum Gasteiger partial charge on any atom is 0.225 e. The largest absolute Gasteiger partial charge is 0.497 e. The number of ether oxygens (including phenoxy) is 1. The van der Waals surface area contributed by atoms with Gasteiger partial charge in [0.05, 0.1) is 13.0 Å². The van der Waals surface area contributed by atoms with Crippen LogP contribution in [0.3, 0.4) is 0 Å². The number of piperidine rings is 1. The van der Waals surface area contributed by atoms with E-state index < -0.39 is 0 Å². The molecular weight excluding hydrogens is 268 g/mol. The minimum absolute atomic E-state index is 0.0248. The SMILES string of the molecule is COc1ccc(CNC(=O)C2CCCN(C(C)=O)C2)cc1. The van der Waals surface area contributed by atoms with Gasteiger partial charge in [-0.25, -0.2) is 0 Å². The Morgan fingerprint density at radius 1 is 1.33 bits per heavy atom. The van der Waals surface area contributed by atoms with Crippen molar-refractivity contribution in [3.63, 3.8) is 0 Å². The monoisotopic (exact) mass is 290 g/mol. The zero-order chi connectivity index (χ0) is 15.2. The van der Waals surface area contributed by atoms with Crippen LogP contribution in [0.15, 0.2) is 24.3 Å². The molecule has 1 atom stereocenters. The molecular formula is C16H22N2O3. The van der Waals surface area contributed by atoms with E-state index in [9.17, 15) is 9.59 Å². The smallest absolute Gasteiger partial charge is 0.225 e. The summed E-state index contributed by atoms with van der Waals surface area (Å²) in [4.78, 5) is 25.3. The fourth-order valence-electron chi connectivity index (χ4n) is 2.55. The number of nitrogens with one attached hydrogen (secondary N) is 1. The molecule has 1 unspecified atom stereocenters. The van der Waals surface area contributed by atoms with E-state index >= 15 is 0 Å². The van der Waals surface area contributed by atoms with E-state index in [1.54, 1.807) is 18.9 Å². The van der Waals surface area contributed by atoms with Crippen molar-refractivity contribution in [3.05, 3.63) is 29.8 Å². The first-order chi connectivity index (χ1) is 10.1. The van der Waals surface area contributed by atoms with E-state index in [-0.39, 0.29) is 17.7 Å². The Morgan fingerprint density at radius 2 is 2.05 bits per heavy atom. The van der Waals surface area contributed by atoms with Crippen LogP contribution in [0.1, 0.15) is 25.3 Å². The summed E-state index contributed by atoms with van der Waals surface area (Å²) in [5.41, 5.74) is 1.03. The Kier molecular flexibility index (Phi) is 5.20. The number of hydrogen-bond acceptors (Lipinski definition) is 3. The van der Waals surface area contributed by atoms with Gasteiger partial charge in [0.2, 0.25) is 11.8 Å². The molecule has 0 radical (unpaired) electrons. The summed E-state index contributed by atoms with van der Waals surface area (Å²) in [5.74, 6) is 0.773. The minimum Gasteiger partial charge on any atom is -0.497 e. The minimum atomic E-state index is -0.0964. The van der Waals surface area contributed by atoms with E-state index in [0.717, 1.165) is 30.7 Å². The number of benzene rings is 1. The van der Waals surface area contributed by atoms with E-state index in [0.29, 0.717) is 13.1 Å². The highest BCUT2D eigenvalue weighted by Crippen LogP contribution is 2.17. The number of carbonyl (C=O) groups is 2. The quantitative estimate of drug-likeness (QED) is 0.915. The summed E-state index contributed by atoms with van der Waals surface area (Å²) in [5, 5.41) is 2.95. The van der Waals surface area contributed by atoms with Gasteiger partial charge in [-0.05, 0) is 30.5 Å². The zero-order valence-corrected chi connectivity index (χ0v) is 12.6. The number of nitrogens with zero attached hydrogens (tertiary/aromatic N) is 1. The highest BCUT2D eigenvalue weighted by molar-refractivity contribution is 5.80. The van der Waals surface area contributed by atoms with Crippen molar-refractivity contribution in [1.29, 1.82) is 0 Å². The maximum absolute atomic E-state index is 12.2. The van der Waals surface area contributed by atoms with Crippen molar-refractivity contribution in [2.45, 2.75) is 26.3 Å². The van der Waals surface area contributed by atoms with Gasteiger partial charge in [-0.1, -0.05) is 12.1 Å². The molecule has 114 valence electrons. The maximum atomic E-state index is 12.2. The van der Waals surface area contributed by atoms with Crippen LogP contribution in [-0.2, 0) is 16.1 Å². The summed E-state index contributed by atoms with van der Waals surface area (Å²) >= 11 is 0. The van der Waals surface area contributed by atoms with E-state index in [1.807, 2.05) is 24.3 Å². The first-order valence-electron chi connectivity index (χ1n) is 7.26. The third-order valence-electron chi connectivity index (χ3n) is 3.86. The van der Waals surface area contributed by atoms with Gasteiger partial charge >= 0.3 is 0 Å². The first-order valence-corrected chi connectivity index (χ1v) is 7.26. The number of carbonyl (C=O) groups excluding carboxylic acids is 2. The molecule has 1 aliphatic heterocycles. The van der Waals surface area contributed by atoms with E-state index in [4.69, 9.17) is 4.74 Å². The summed E-state index contributed by atoms with van der Waals surface area (Å²) in [7, 11) is 1.63. The van der Waals surface area contributed by atoms with Crippen molar-refractivity contribution in [2.24, 2.45) is 5.92 Å². The summed E-state index contributed by atoms with van der Waals surface area (Å²) in [6.07, 6.45) is 1.73. The van der Waals surface area contributed by atoms with Crippen LogP contribution >= 0.6 is 0 Å². The average molecular weight is 290 g/mol. The van der Waals surface area contributed by atoms with Crippen molar-refractivity contribution >= 4 is 11.8 Å². The molecule has 1 N–H and O–H groups in total. The second-order valence-electron chi connectivity index (χ2n) is 5.37. The van der Waals surface area contributed by atoms with Gasteiger partial charge in [0, 0.05) is 26.6 Å². The zero-order valence-electron chi connectivity index (χ0n) is 12.6. The lowest BCUT2D eigenvalue weighted by Gasteiger charge is -2.31. The molecule has 2 rings (SSSR count). The van der Waals surface area contributed by atoms with Crippen molar-refractivity contribution < 1.29 is 14.3 Å². The topological polar surface area (TPSA) is 58.6 Å². The molecule has 5 nitrogen and oxygen atoms in total. The Labute approximate surface area is 125 Å². The van der Waals surface area contributed by atoms with Crippen LogP contribution in [0.25, 0.3) is 0 Å². The van der Waals surface area contributed by atoms with Crippen LogP contribution in [0, 0.1) is 5.92 Å². The summed E-state index contributed by atoms with van der Waals surface area (Å²) in [6.45, 7) is 3.35. The summed E-state index contributed by atoms with van der Waals surface area (Å²) in [6, 6.07) is 7.61. The first kappa shape index (κ1) is 15.4. The normalized spacial score (nSPS) is 18.2. The van der Waals surface area contributed by atoms with Gasteiger partial charge in [0.25, 0.3) is 0 Å². The number of methoxy groups -OCH3 is 1. The molecule has 1 heterocycles. The third-order valence-corrected chi connectivity index (χ3v) is 3.86. The summed E-state index contributed by atoms with van der Waals surface area (Å²) < 4.78 is 5.10. The molecule has 21 heavy (non-hydrogen) atoms. The van der Waals surface area contributed by atoms with Gasteiger partial charge in [-0.2, -0.15) is 0 Å². The fraction of sp³-hybridized carbons (Fsp3) is 0.500. The molecule has 1 aromatic rings. The predicted molar refractivity (Wildman–Crippen MR) is 79.8 cm³/mol. The number of amides is 2. The molecule has 5 heteroatoms. The Bertz CT molecular complexity index is 499. The molecule has 1 fully saturated rings. The second kappa shape index (κ2) is 7.11. The standard InChI is InChI=1S/C16H22N2O3/c1-12(19)18-9-3-4-14(11-18)16(20)17-10-13-5-7-15(21-2)8-6-13/h5-8,14H,3-4,9-11H2,1-2H3,(H,17,20). The van der Waals surface area contributed by atoms with Crippen LogP contribution in [0.5, 0.6) is 5.75 Å². The average Bonchev–Trinajstić information content (AvgIpc) is 2.53. The van der Waals surface area contributed by atoms with E-state index in [1.165, 1.54) is 0 Å². The third kappa shape index (κ3) is 4.21. The fourth-order valence-corrected chi connectivity index (χ4v) is 2.55. The molecule has 0 aromatic heterocycles. The van der Waals surface area contributed by atoms with Crippen LogP contribution in [0.2, 0.25) is 0 Å². The molecule has 0 aliphatic carbocycles. The van der Waals surface area contributed by atoms with E-state index in [2.05, 4.69) is 5.32 Å². The lowest BCUT2D eigenvalue weighted by atomic mass is 9.97. The molecule has 1 aromatic carbocycles. The lowest BCUT2D eigenvalue weighted by molar-refractivity contribution is -0.134. The van der Waals surface area contributed by atoms with Crippen molar-refractivity contribution in [1.82, 2.24) is 10.2 Å². The Balaban J connectivity index is 1.84. The highest BCUT2D eigenvalue weighted by atomic mass is 16.5. The van der Waals surface area contributed by atoms with Crippen LogP contribution in [0.4, 0.5) is 0 Å². The van der Waals surface area contributed by atoms with Crippen molar-refractivity contribution in [3.8, 4) is 5.75 Å². The Morgan fingerprint density at radius 3 is 2.67 bits per heavy atom. The molecule has 0 saturated carbocycles. The number of likely N-dealkylation sites (tertiary alicyclic amines) is 1. The van der Waals surface area contributed by atoms with Gasteiger partial charge < -0.3 is 15.0 Å². The van der Waals surface area contributed by atoms with Crippen LogP contribution in [-0.4, -0.2) is 36.9 Å². The molecule has 2 amide bonds. The van der Waals surface area contributed by atoms with Gasteiger partial charge in [-0.3, -0.25) is 9.59 Å². The predicted octanol–water partition coefficient (Wildman–Crippen LogP) is 1.57.